The van der Waals surface area contributed by atoms with E-state index in [2.05, 4.69) is 0 Å². The molecular weight excluding hydrogens is 222 g/mol. The maximum Gasteiger partial charge on any atom is 0.246 e. The smallest absolute Gasteiger partial charge is 0.246 e. The second-order valence-electron chi connectivity index (χ2n) is 3.39. The summed E-state index contributed by atoms with van der Waals surface area (Å²) in [6.45, 7) is -2.68. The molecule has 0 aromatic heterocycles. The molecule has 1 aliphatic rings. The van der Waals surface area contributed by atoms with Crippen LogP contribution in [0.1, 0.15) is 1.37 Å². The Bertz CT molecular complexity index is 277. The first kappa shape index (κ1) is 11.7. The van der Waals surface area contributed by atoms with Crippen molar-refractivity contribution in [2.24, 2.45) is 0 Å². The van der Waals surface area contributed by atoms with Gasteiger partial charge in [0.15, 0.2) is 6.29 Å². The van der Waals surface area contributed by atoms with Crippen molar-refractivity contribution in [3.8, 4) is 0 Å². The van der Waals surface area contributed by atoms with Gasteiger partial charge in [0.1, 0.15) is 30.9 Å². The molecule has 8 heteroatoms. The zero-order valence-electron chi connectivity index (χ0n) is 9.22. The highest BCUT2D eigenvalue weighted by Gasteiger charge is 2.44. The van der Waals surface area contributed by atoms with Gasteiger partial charge in [-0.1, -0.05) is 0 Å². The highest BCUT2D eigenvalue weighted by Crippen LogP contribution is 2.19. The zero-order chi connectivity index (χ0) is 13.2. The summed E-state index contributed by atoms with van der Waals surface area (Å²) in [7, 11) is 0. The predicted octanol–water partition coefficient (Wildman–Crippen LogP) is -4.11. The van der Waals surface area contributed by atoms with Gasteiger partial charge >= 0.3 is 0 Å². The molecule has 1 rings (SSSR count). The highest BCUT2D eigenvalue weighted by molar-refractivity contribution is 5.77. The third-order valence-corrected chi connectivity index (χ3v) is 2.33. The van der Waals surface area contributed by atoms with Crippen LogP contribution in [0.3, 0.4) is 0 Å². The molecule has 2 unspecified atom stereocenters. The second-order valence-corrected chi connectivity index (χ2v) is 3.39. The Morgan fingerprint density at radius 2 is 1.94 bits per heavy atom. The Hall–Kier alpha value is -0.770. The van der Waals surface area contributed by atoms with E-state index in [-0.39, 0.29) is 0 Å². The monoisotopic (exact) mass is 238 g/mol. The van der Waals surface area contributed by atoms with E-state index < -0.39 is 49.7 Å². The van der Waals surface area contributed by atoms with Crippen molar-refractivity contribution >= 4 is 5.91 Å². The summed E-state index contributed by atoms with van der Waals surface area (Å²) < 4.78 is 11.4. The number of ether oxygens (including phenoxy) is 1. The van der Waals surface area contributed by atoms with Crippen molar-refractivity contribution in [3.05, 3.63) is 0 Å². The average molecular weight is 238 g/mol. The number of nitrogens with one attached hydrogen (secondary N) is 1. The molecule has 1 saturated heterocycles. The van der Waals surface area contributed by atoms with Crippen molar-refractivity contribution in [3.63, 3.8) is 0 Å². The number of aliphatic hydroxyl groups is 5. The van der Waals surface area contributed by atoms with Gasteiger partial charge < -0.3 is 35.6 Å². The molecule has 8 nitrogen and oxygen atoms in total. The van der Waals surface area contributed by atoms with Gasteiger partial charge in [0, 0.05) is 0 Å². The fourth-order valence-electron chi connectivity index (χ4n) is 1.45. The first-order chi connectivity index (χ1) is 7.88. The van der Waals surface area contributed by atoms with Crippen LogP contribution < -0.4 is 5.32 Å². The van der Waals surface area contributed by atoms with Crippen molar-refractivity contribution in [1.82, 2.24) is 5.32 Å². The van der Waals surface area contributed by atoms with Gasteiger partial charge in [-0.25, -0.2) is 0 Å². The number of carbonyl (C=O) groups excluding carboxylic acids is 1. The lowest BCUT2D eigenvalue weighted by molar-refractivity contribution is -0.254. The third kappa shape index (κ3) is 2.67. The van der Waals surface area contributed by atoms with E-state index in [0.717, 1.165) is 0 Å². The summed E-state index contributed by atoms with van der Waals surface area (Å²) in [4.78, 5) is 11.0. The molecule has 94 valence electrons. The van der Waals surface area contributed by atoms with E-state index in [1.807, 2.05) is 5.32 Å². The largest absolute Gasteiger partial charge is 0.394 e. The van der Waals surface area contributed by atoms with E-state index in [1.165, 1.54) is 0 Å². The average Bonchev–Trinajstić information content (AvgIpc) is 2.28. The molecule has 1 amide bonds. The van der Waals surface area contributed by atoms with Crippen molar-refractivity contribution in [1.29, 1.82) is 0 Å². The fourth-order valence-corrected chi connectivity index (χ4v) is 1.45. The SMILES string of the molecule is [2H]C(O)C(=O)N[C@@H]1C(O)O[C@H](CO)[C@@H](O)[C@@H]1O. The van der Waals surface area contributed by atoms with Crippen LogP contribution in [0.2, 0.25) is 0 Å². The summed E-state index contributed by atoms with van der Waals surface area (Å²) in [6, 6.07) is -1.39. The summed E-state index contributed by atoms with van der Waals surface area (Å²) >= 11 is 0. The molecule has 0 spiro atoms. The van der Waals surface area contributed by atoms with E-state index in [9.17, 15) is 20.1 Å². The Morgan fingerprint density at radius 3 is 2.44 bits per heavy atom. The van der Waals surface area contributed by atoms with Crippen LogP contribution in [0.5, 0.6) is 0 Å². The molecule has 0 bridgehead atoms. The molecule has 6 N–H and O–H groups in total. The molecule has 0 radical (unpaired) electrons. The molecule has 0 aliphatic carbocycles. The third-order valence-electron chi connectivity index (χ3n) is 2.33. The molecule has 16 heavy (non-hydrogen) atoms. The predicted molar refractivity (Wildman–Crippen MR) is 49.0 cm³/mol. The van der Waals surface area contributed by atoms with Crippen LogP contribution in [0.15, 0.2) is 0 Å². The minimum absolute atomic E-state index is 0.614. The van der Waals surface area contributed by atoms with Gasteiger partial charge in [-0.2, -0.15) is 0 Å². The molecule has 6 atom stereocenters. The van der Waals surface area contributed by atoms with Crippen LogP contribution in [0, 0.1) is 0 Å². The Balaban J connectivity index is 2.69. The van der Waals surface area contributed by atoms with Crippen molar-refractivity contribution in [2.45, 2.75) is 30.6 Å². The molecule has 0 aromatic rings. The summed E-state index contributed by atoms with van der Waals surface area (Å²) in [5.74, 6) is -1.15. The lowest BCUT2D eigenvalue weighted by Gasteiger charge is -2.40. The molecule has 1 aliphatic heterocycles. The van der Waals surface area contributed by atoms with Gasteiger partial charge in [-0.3, -0.25) is 4.79 Å². The van der Waals surface area contributed by atoms with Gasteiger partial charge in [0.2, 0.25) is 5.91 Å². The fraction of sp³-hybridized carbons (Fsp3) is 0.875. The lowest BCUT2D eigenvalue weighted by Crippen LogP contribution is -2.64. The zero-order valence-corrected chi connectivity index (χ0v) is 8.22. The first-order valence-electron chi connectivity index (χ1n) is 5.17. The van der Waals surface area contributed by atoms with E-state index in [1.54, 1.807) is 0 Å². The normalized spacial score (nSPS) is 42.3. The van der Waals surface area contributed by atoms with Gasteiger partial charge in [-0.15, -0.1) is 0 Å². The number of hydrogen-bond acceptors (Lipinski definition) is 7. The molecule has 1 fully saturated rings. The van der Waals surface area contributed by atoms with Gasteiger partial charge in [0.05, 0.1) is 7.98 Å². The maximum atomic E-state index is 11.0. The van der Waals surface area contributed by atoms with Crippen molar-refractivity contribution in [2.75, 3.05) is 13.2 Å². The van der Waals surface area contributed by atoms with Gasteiger partial charge in [-0.05, 0) is 0 Å². The summed E-state index contributed by atoms with van der Waals surface area (Å²) in [6.07, 6.45) is -5.92. The second kappa shape index (κ2) is 5.53. The highest BCUT2D eigenvalue weighted by atomic mass is 16.6. The maximum absolute atomic E-state index is 11.0. The Kier molecular flexibility index (Phi) is 4.04. The van der Waals surface area contributed by atoms with E-state index in [4.69, 9.17) is 16.3 Å². The molecular formula is C8H15NO7. The van der Waals surface area contributed by atoms with Crippen LogP contribution in [-0.2, 0) is 9.53 Å². The van der Waals surface area contributed by atoms with Crippen LogP contribution in [-0.4, -0.2) is 75.3 Å². The topological polar surface area (TPSA) is 139 Å². The minimum Gasteiger partial charge on any atom is -0.394 e. The molecule has 1 heterocycles. The van der Waals surface area contributed by atoms with Crippen LogP contribution in [0.25, 0.3) is 0 Å². The van der Waals surface area contributed by atoms with Gasteiger partial charge in [0.25, 0.3) is 0 Å². The minimum atomic E-state index is -2.07. The van der Waals surface area contributed by atoms with Crippen LogP contribution in [0.4, 0.5) is 0 Å². The quantitative estimate of drug-likeness (QED) is 0.293. The van der Waals surface area contributed by atoms with E-state index in [0.29, 0.717) is 0 Å². The molecule has 0 aromatic carbocycles. The number of aliphatic hydroxyl groups excluding tert-OH is 5. The standard InChI is InChI=1S/C8H15NO7/c10-1-3-6(13)7(14)5(8(15)16-3)9-4(12)2-11/h3,5-8,10-11,13-15H,1-2H2,(H,9,12)/t3-,5+,6-,7-,8?/m1/s1/i2D/t2?,3-,5+,6-,7-,8?. The Morgan fingerprint density at radius 1 is 1.31 bits per heavy atom. The van der Waals surface area contributed by atoms with Crippen molar-refractivity contribution < 1.29 is 36.4 Å². The summed E-state index contributed by atoms with van der Waals surface area (Å²) in [5.41, 5.74) is 0. The number of carbonyl (C=O) groups is 1. The number of rotatable bonds is 3. The Labute approximate surface area is 92.5 Å². The van der Waals surface area contributed by atoms with Crippen LogP contribution >= 0.6 is 0 Å². The summed E-state index contributed by atoms with van der Waals surface area (Å²) in [5, 5.41) is 47.9. The first-order valence-corrected chi connectivity index (χ1v) is 4.59. The van der Waals surface area contributed by atoms with E-state index >= 15 is 0 Å². The lowest BCUT2D eigenvalue weighted by atomic mass is 9.97. The number of hydrogen-bond donors (Lipinski definition) is 6. The molecule has 0 saturated carbocycles. The number of amides is 1.